The number of aromatic hydroxyl groups is 2. The lowest BCUT2D eigenvalue weighted by Crippen LogP contribution is -2.53. The summed E-state index contributed by atoms with van der Waals surface area (Å²) in [4.78, 5) is 0. The number of rotatable bonds is 2. The number of halogens is 6. The number of alkyl halides is 6. The van der Waals surface area contributed by atoms with E-state index in [1.807, 2.05) is 0 Å². The summed E-state index contributed by atoms with van der Waals surface area (Å²) in [6, 6.07) is 2.60. The maximum absolute atomic E-state index is 13.1. The predicted molar refractivity (Wildman–Crippen MR) is 90.1 cm³/mol. The normalized spacial score (nSPS) is 26.3. The number of benzene rings is 1. The smallest absolute Gasteiger partial charge is 0.430 e. The van der Waals surface area contributed by atoms with Crippen molar-refractivity contribution in [2.45, 2.75) is 55.8 Å². The number of aromatic nitrogens is 1. The third kappa shape index (κ3) is 2.38. The van der Waals surface area contributed by atoms with Gasteiger partial charge in [0, 0.05) is 5.56 Å². The van der Waals surface area contributed by atoms with E-state index in [0.29, 0.717) is 36.1 Å². The second-order valence-corrected chi connectivity index (χ2v) is 8.05. The Hall–Kier alpha value is -2.40. The molecule has 1 fully saturated rings. The van der Waals surface area contributed by atoms with Gasteiger partial charge < -0.3 is 20.1 Å². The Labute approximate surface area is 166 Å². The molecule has 3 N–H and O–H groups in total. The van der Waals surface area contributed by atoms with Crippen molar-refractivity contribution in [3.63, 3.8) is 0 Å². The Bertz CT molecular complexity index is 972. The summed E-state index contributed by atoms with van der Waals surface area (Å²) in [6.45, 7) is 3.45. The summed E-state index contributed by atoms with van der Waals surface area (Å²) in [6.07, 6.45) is -10.9. The van der Waals surface area contributed by atoms with Crippen LogP contribution in [-0.2, 0) is 21.5 Å². The van der Waals surface area contributed by atoms with Gasteiger partial charge in [-0.25, -0.2) is 0 Å². The fraction of sp³-hybridized carbons (Fsp3) is 0.474. The van der Waals surface area contributed by atoms with E-state index < -0.39 is 46.5 Å². The minimum absolute atomic E-state index is 0.0820. The predicted octanol–water partition coefficient (Wildman–Crippen LogP) is 4.46. The molecule has 30 heavy (non-hydrogen) atoms. The van der Waals surface area contributed by atoms with E-state index in [2.05, 4.69) is 0 Å². The van der Waals surface area contributed by atoms with Crippen LogP contribution in [-0.4, -0.2) is 32.2 Å². The van der Waals surface area contributed by atoms with Crippen molar-refractivity contribution in [1.82, 2.24) is 4.57 Å². The van der Waals surface area contributed by atoms with E-state index in [4.69, 9.17) is 4.74 Å². The van der Waals surface area contributed by atoms with Crippen molar-refractivity contribution in [3.8, 4) is 17.4 Å². The lowest BCUT2D eigenvalue weighted by molar-refractivity contribution is -0.376. The summed E-state index contributed by atoms with van der Waals surface area (Å²) in [5.41, 5.74) is -7.66. The molecule has 2 aliphatic heterocycles. The molecular formula is C19H17F6NO4. The molecule has 0 unspecified atom stereocenters. The fourth-order valence-corrected chi connectivity index (χ4v) is 4.56. The number of fused-ring (bicyclic) bond motifs is 5. The maximum atomic E-state index is 13.1. The fourth-order valence-electron chi connectivity index (χ4n) is 4.56. The average Bonchev–Trinajstić information content (AvgIpc) is 3.16. The van der Waals surface area contributed by atoms with Gasteiger partial charge in [0.1, 0.15) is 0 Å². The van der Waals surface area contributed by atoms with Gasteiger partial charge in [0.15, 0.2) is 0 Å². The molecule has 2 atom stereocenters. The molecule has 4 rings (SSSR count). The van der Waals surface area contributed by atoms with E-state index in [1.165, 1.54) is 0 Å². The van der Waals surface area contributed by atoms with Crippen molar-refractivity contribution < 1.29 is 46.4 Å². The van der Waals surface area contributed by atoms with Gasteiger partial charge in [0.2, 0.25) is 11.8 Å². The summed E-state index contributed by atoms with van der Waals surface area (Å²) in [7, 11) is 0. The molecule has 1 aromatic heterocycles. The van der Waals surface area contributed by atoms with Crippen LogP contribution in [0.15, 0.2) is 24.3 Å². The molecular weight excluding hydrogens is 420 g/mol. The third-order valence-electron chi connectivity index (χ3n) is 6.07. The molecule has 0 aliphatic carbocycles. The highest BCUT2D eigenvalue weighted by Gasteiger charge is 2.71. The minimum Gasteiger partial charge on any atom is -0.494 e. The number of aliphatic hydroxyl groups is 1. The average molecular weight is 437 g/mol. The molecule has 0 saturated carbocycles. The summed E-state index contributed by atoms with van der Waals surface area (Å²) < 4.78 is 85.2. The minimum atomic E-state index is -6.01. The first-order valence-electron chi connectivity index (χ1n) is 8.91. The molecule has 1 saturated heterocycles. The molecule has 0 spiro atoms. The molecule has 164 valence electrons. The van der Waals surface area contributed by atoms with E-state index in [1.54, 1.807) is 13.8 Å². The van der Waals surface area contributed by atoms with Crippen LogP contribution in [0.3, 0.4) is 0 Å². The van der Waals surface area contributed by atoms with Crippen LogP contribution < -0.4 is 0 Å². The second-order valence-electron chi connectivity index (χ2n) is 8.05. The summed E-state index contributed by atoms with van der Waals surface area (Å²) in [5.74, 6) is -0.828. The van der Waals surface area contributed by atoms with Crippen molar-refractivity contribution in [2.75, 3.05) is 0 Å². The van der Waals surface area contributed by atoms with Gasteiger partial charge in [0.25, 0.3) is 5.60 Å². The molecule has 11 heteroatoms. The van der Waals surface area contributed by atoms with Gasteiger partial charge in [-0.2, -0.15) is 26.3 Å². The zero-order chi connectivity index (χ0) is 22.5. The lowest BCUT2D eigenvalue weighted by Gasteiger charge is -2.32. The number of hydrogen-bond acceptors (Lipinski definition) is 4. The number of nitrogens with zero attached hydrogens (tertiary/aromatic N) is 1. The van der Waals surface area contributed by atoms with Crippen molar-refractivity contribution in [1.29, 1.82) is 0 Å². The van der Waals surface area contributed by atoms with Crippen LogP contribution in [0.1, 0.15) is 43.4 Å². The highest BCUT2D eigenvalue weighted by molar-refractivity contribution is 5.60. The molecule has 0 radical (unpaired) electrons. The van der Waals surface area contributed by atoms with Crippen LogP contribution in [0.25, 0.3) is 5.69 Å². The number of hydrogen-bond donors (Lipinski definition) is 3. The molecule has 1 aromatic carbocycles. The van der Waals surface area contributed by atoms with Gasteiger partial charge in [-0.15, -0.1) is 0 Å². The zero-order valence-electron chi connectivity index (χ0n) is 15.7. The Balaban J connectivity index is 1.83. The van der Waals surface area contributed by atoms with Gasteiger partial charge >= 0.3 is 12.4 Å². The van der Waals surface area contributed by atoms with E-state index in [0.717, 1.165) is 16.7 Å². The van der Waals surface area contributed by atoms with E-state index in [-0.39, 0.29) is 5.69 Å². The molecule has 3 heterocycles. The molecule has 2 aliphatic rings. The SMILES string of the molecule is C[C@]12CC[C@](C)(O1)c1c2c(O)n(-c2ccc(C(O)(C(F)(F)F)C(F)(F)F)cc2)c1O. The highest BCUT2D eigenvalue weighted by Crippen LogP contribution is 2.64. The molecule has 2 aromatic rings. The third-order valence-corrected chi connectivity index (χ3v) is 6.07. The molecule has 0 amide bonds. The molecule has 5 nitrogen and oxygen atoms in total. The van der Waals surface area contributed by atoms with Crippen molar-refractivity contribution in [3.05, 3.63) is 41.0 Å². The number of ether oxygens (including phenoxy) is 1. The van der Waals surface area contributed by atoms with Crippen molar-refractivity contribution in [2.24, 2.45) is 0 Å². The maximum Gasteiger partial charge on any atom is 0.430 e. The quantitative estimate of drug-likeness (QED) is 0.607. The Kier molecular flexibility index (Phi) is 3.92. The molecule has 2 bridgehead atoms. The lowest BCUT2D eigenvalue weighted by atomic mass is 9.80. The van der Waals surface area contributed by atoms with Crippen LogP contribution in [0.2, 0.25) is 0 Å². The first-order chi connectivity index (χ1) is 13.6. The topological polar surface area (TPSA) is 74.9 Å². The van der Waals surface area contributed by atoms with E-state index in [9.17, 15) is 41.7 Å². The standard InChI is InChI=1S/C19H17F6NO4/c1-15-7-8-16(2,30-15)12-11(15)13(27)26(14(12)28)10-5-3-9(4-6-10)17(29,18(20,21)22)19(23,24)25/h3-6,27-29H,7-8H2,1-2H3/t15-,16+. The van der Waals surface area contributed by atoms with Crippen molar-refractivity contribution >= 4 is 0 Å². The largest absolute Gasteiger partial charge is 0.494 e. The van der Waals surface area contributed by atoms with Gasteiger partial charge in [-0.05, 0) is 38.8 Å². The van der Waals surface area contributed by atoms with Crippen LogP contribution >= 0.6 is 0 Å². The monoisotopic (exact) mass is 437 g/mol. The van der Waals surface area contributed by atoms with Gasteiger partial charge in [0.05, 0.1) is 28.0 Å². The Morgan fingerprint density at radius 2 is 1.23 bits per heavy atom. The highest BCUT2D eigenvalue weighted by atomic mass is 19.4. The van der Waals surface area contributed by atoms with Crippen LogP contribution in [0, 0.1) is 0 Å². The first-order valence-corrected chi connectivity index (χ1v) is 8.91. The van der Waals surface area contributed by atoms with E-state index >= 15 is 0 Å². The summed E-state index contributed by atoms with van der Waals surface area (Å²) in [5, 5.41) is 30.9. The van der Waals surface area contributed by atoms with Gasteiger partial charge in [-0.3, -0.25) is 4.57 Å². The zero-order valence-corrected chi connectivity index (χ0v) is 15.7. The Morgan fingerprint density at radius 3 is 1.60 bits per heavy atom. The first kappa shape index (κ1) is 20.9. The van der Waals surface area contributed by atoms with Gasteiger partial charge in [-0.1, -0.05) is 12.1 Å². The summed E-state index contributed by atoms with van der Waals surface area (Å²) >= 11 is 0. The Morgan fingerprint density at radius 1 is 0.833 bits per heavy atom. The second kappa shape index (κ2) is 5.64. The van der Waals surface area contributed by atoms with Crippen LogP contribution in [0.5, 0.6) is 11.8 Å². The van der Waals surface area contributed by atoms with Crippen LogP contribution in [0.4, 0.5) is 26.3 Å².